The number of hydrogen-bond acceptors (Lipinski definition) is 1. The molecule has 0 N–H and O–H groups in total. The molecule has 0 aliphatic carbocycles. The van der Waals surface area contributed by atoms with E-state index in [1.807, 2.05) is 0 Å². The van der Waals surface area contributed by atoms with Crippen LogP contribution >= 0.6 is 0 Å². The molecule has 1 aliphatic heterocycles. The van der Waals surface area contributed by atoms with Gasteiger partial charge in [0.25, 0.3) is 0 Å². The molecule has 0 bridgehead atoms. The van der Waals surface area contributed by atoms with E-state index < -0.39 is 0 Å². The average Bonchev–Trinajstić information content (AvgIpc) is 3.16. The maximum Gasteiger partial charge on any atom is 0.0457 e. The third-order valence-corrected chi connectivity index (χ3v) is 8.83. The molecule has 5 rings (SSSR count). The van der Waals surface area contributed by atoms with E-state index in [4.69, 9.17) is 0 Å². The van der Waals surface area contributed by atoms with Gasteiger partial charge < -0.3 is 4.90 Å². The van der Waals surface area contributed by atoms with Crippen LogP contribution in [-0.2, 0) is 10.8 Å². The second-order valence-electron chi connectivity index (χ2n) is 12.2. The first-order chi connectivity index (χ1) is 19.2. The number of anilines is 1. The van der Waals surface area contributed by atoms with E-state index in [-0.39, 0.29) is 10.8 Å². The van der Waals surface area contributed by atoms with Gasteiger partial charge >= 0.3 is 0 Å². The summed E-state index contributed by atoms with van der Waals surface area (Å²) in [4.78, 5) is 2.55. The Morgan fingerprint density at radius 1 is 0.850 bits per heavy atom. The molecule has 0 radical (unpaired) electrons. The highest BCUT2D eigenvalue weighted by Gasteiger charge is 2.40. The number of fused-ring (bicyclic) bond motifs is 4. The number of allylic oxidation sites excluding steroid dienone is 7. The third kappa shape index (κ3) is 4.83. The fourth-order valence-electron chi connectivity index (χ4n) is 6.55. The molecule has 1 heterocycles. The van der Waals surface area contributed by atoms with E-state index in [1.54, 1.807) is 0 Å². The molecule has 0 spiro atoms. The van der Waals surface area contributed by atoms with E-state index in [0.717, 1.165) is 12.1 Å². The van der Waals surface area contributed by atoms with Gasteiger partial charge in [0.2, 0.25) is 0 Å². The minimum atomic E-state index is -0.180. The van der Waals surface area contributed by atoms with Crippen molar-refractivity contribution in [2.45, 2.75) is 65.2 Å². The van der Waals surface area contributed by atoms with Crippen molar-refractivity contribution in [2.24, 2.45) is 0 Å². The number of hydrogen-bond donors (Lipinski definition) is 0. The molecule has 1 nitrogen and oxygen atoms in total. The molecule has 0 amide bonds. The van der Waals surface area contributed by atoms with Crippen LogP contribution in [0.2, 0.25) is 0 Å². The zero-order valence-corrected chi connectivity index (χ0v) is 25.1. The third-order valence-electron chi connectivity index (χ3n) is 8.83. The van der Waals surface area contributed by atoms with Gasteiger partial charge in [0.1, 0.15) is 0 Å². The van der Waals surface area contributed by atoms with Gasteiger partial charge in [-0.15, -0.1) is 0 Å². The second-order valence-corrected chi connectivity index (χ2v) is 12.2. The Kier molecular flexibility index (Phi) is 7.60. The molecule has 1 aliphatic rings. The molecule has 204 valence electrons. The first-order valence-corrected chi connectivity index (χ1v) is 14.7. The normalized spacial score (nSPS) is 16.1. The number of benzene rings is 4. The molecule has 0 fully saturated rings. The number of unbranched alkanes of at least 4 members (excludes halogenated alkanes) is 1. The standard InChI is InChI=1S/C39H43N/c1-8-9-27-40-34-26-25-31-19-14-16-21-33(31)37(34)39(6,7)35(40)22-12-10-11-17-29(3)38(4,5)36-28(2)23-24-30-18-13-15-20-32(30)36/h10-26H,3,8-9,27H2,1-2,4-7H3/b12-10+,17-11+,35-22-. The molecule has 0 atom stereocenters. The van der Waals surface area contributed by atoms with Crippen molar-refractivity contribution < 1.29 is 0 Å². The van der Waals surface area contributed by atoms with Crippen molar-refractivity contribution in [3.05, 3.63) is 138 Å². The monoisotopic (exact) mass is 525 g/mol. The second kappa shape index (κ2) is 11.0. The van der Waals surface area contributed by atoms with Crippen molar-refractivity contribution in [2.75, 3.05) is 11.4 Å². The molecular formula is C39H43N. The van der Waals surface area contributed by atoms with Gasteiger partial charge in [0.15, 0.2) is 0 Å². The van der Waals surface area contributed by atoms with Crippen LogP contribution in [0.1, 0.15) is 64.2 Å². The van der Waals surface area contributed by atoms with Crippen LogP contribution in [0.3, 0.4) is 0 Å². The van der Waals surface area contributed by atoms with Gasteiger partial charge in [0.05, 0.1) is 0 Å². The Labute approximate surface area is 241 Å². The molecule has 4 aromatic carbocycles. The highest BCUT2D eigenvalue weighted by Crippen LogP contribution is 2.50. The van der Waals surface area contributed by atoms with Crippen molar-refractivity contribution in [3.8, 4) is 0 Å². The SMILES string of the molecule is C=C(/C=C/C=C/C=C1\N(CCCC)c2ccc3ccccc3c2C1(C)C)C(C)(C)c1c(C)ccc2ccccc12. The Bertz CT molecular complexity index is 1660. The van der Waals surface area contributed by atoms with Crippen LogP contribution < -0.4 is 4.90 Å². The molecule has 0 saturated heterocycles. The summed E-state index contributed by atoms with van der Waals surface area (Å²) in [5, 5.41) is 5.26. The van der Waals surface area contributed by atoms with E-state index >= 15 is 0 Å². The summed E-state index contributed by atoms with van der Waals surface area (Å²) in [6.45, 7) is 19.3. The summed E-state index contributed by atoms with van der Waals surface area (Å²) < 4.78 is 0. The Balaban J connectivity index is 1.43. The van der Waals surface area contributed by atoms with E-state index in [9.17, 15) is 0 Å². The van der Waals surface area contributed by atoms with Gasteiger partial charge in [0, 0.05) is 28.8 Å². The van der Waals surface area contributed by atoms with Crippen molar-refractivity contribution in [3.63, 3.8) is 0 Å². The van der Waals surface area contributed by atoms with Gasteiger partial charge in [-0.1, -0.05) is 139 Å². The average molecular weight is 526 g/mol. The highest BCUT2D eigenvalue weighted by atomic mass is 15.2. The number of nitrogens with zero attached hydrogens (tertiary/aromatic N) is 1. The van der Waals surface area contributed by atoms with Gasteiger partial charge in [-0.05, 0) is 69.3 Å². The summed E-state index contributed by atoms with van der Waals surface area (Å²) >= 11 is 0. The summed E-state index contributed by atoms with van der Waals surface area (Å²) in [5.74, 6) is 0. The van der Waals surface area contributed by atoms with Crippen LogP contribution in [0.4, 0.5) is 5.69 Å². The van der Waals surface area contributed by atoms with Crippen LogP contribution in [0.15, 0.2) is 121 Å². The molecule has 1 heteroatoms. The first kappa shape index (κ1) is 27.7. The molecule has 40 heavy (non-hydrogen) atoms. The molecule has 4 aromatic rings. The Hall–Kier alpha value is -3.84. The molecule has 0 unspecified atom stereocenters. The zero-order chi connectivity index (χ0) is 28.5. The number of aryl methyl sites for hydroxylation is 1. The summed E-state index contributed by atoms with van der Waals surface area (Å²) in [5.41, 5.74) is 7.68. The van der Waals surface area contributed by atoms with Crippen LogP contribution in [0, 0.1) is 6.92 Å². The predicted molar refractivity (Wildman–Crippen MR) is 176 cm³/mol. The first-order valence-electron chi connectivity index (χ1n) is 14.7. The lowest BCUT2D eigenvalue weighted by atomic mass is 9.74. The topological polar surface area (TPSA) is 3.24 Å². The zero-order valence-electron chi connectivity index (χ0n) is 25.1. The number of rotatable bonds is 8. The largest absolute Gasteiger partial charge is 0.344 e. The van der Waals surface area contributed by atoms with Crippen LogP contribution in [0.5, 0.6) is 0 Å². The quantitative estimate of drug-likeness (QED) is 0.207. The van der Waals surface area contributed by atoms with Gasteiger partial charge in [-0.25, -0.2) is 0 Å². The lowest BCUT2D eigenvalue weighted by Gasteiger charge is -2.30. The smallest absolute Gasteiger partial charge is 0.0457 e. The molecular weight excluding hydrogens is 482 g/mol. The summed E-state index contributed by atoms with van der Waals surface area (Å²) in [7, 11) is 0. The minimum absolute atomic E-state index is 0.0739. The van der Waals surface area contributed by atoms with Gasteiger partial charge in [-0.3, -0.25) is 0 Å². The minimum Gasteiger partial charge on any atom is -0.344 e. The summed E-state index contributed by atoms with van der Waals surface area (Å²) in [6, 6.07) is 26.5. The summed E-state index contributed by atoms with van der Waals surface area (Å²) in [6.07, 6.45) is 13.3. The maximum absolute atomic E-state index is 4.51. The maximum atomic E-state index is 4.51. The highest BCUT2D eigenvalue weighted by molar-refractivity contribution is 5.95. The lowest BCUT2D eigenvalue weighted by molar-refractivity contribution is 0.628. The van der Waals surface area contributed by atoms with Crippen molar-refractivity contribution >= 4 is 27.2 Å². The van der Waals surface area contributed by atoms with E-state index in [1.165, 1.54) is 62.5 Å². The fraction of sp³-hybridized carbons (Fsp3) is 0.282. The Morgan fingerprint density at radius 2 is 1.50 bits per heavy atom. The van der Waals surface area contributed by atoms with E-state index in [0.29, 0.717) is 0 Å². The van der Waals surface area contributed by atoms with Crippen LogP contribution in [-0.4, -0.2) is 6.54 Å². The van der Waals surface area contributed by atoms with E-state index in [2.05, 4.69) is 156 Å². The molecule has 0 aromatic heterocycles. The lowest BCUT2D eigenvalue weighted by Crippen LogP contribution is -2.27. The molecule has 0 saturated carbocycles. The van der Waals surface area contributed by atoms with Crippen LogP contribution in [0.25, 0.3) is 21.5 Å². The van der Waals surface area contributed by atoms with Crippen molar-refractivity contribution in [1.82, 2.24) is 0 Å². The fourth-order valence-corrected chi connectivity index (χ4v) is 6.55. The predicted octanol–water partition coefficient (Wildman–Crippen LogP) is 10.7. The van der Waals surface area contributed by atoms with Gasteiger partial charge in [-0.2, -0.15) is 0 Å². The Morgan fingerprint density at radius 3 is 2.23 bits per heavy atom. The van der Waals surface area contributed by atoms with Crippen molar-refractivity contribution in [1.29, 1.82) is 0 Å².